The van der Waals surface area contributed by atoms with Crippen molar-refractivity contribution in [1.82, 2.24) is 52.8 Å². The van der Waals surface area contributed by atoms with Gasteiger partial charge in [-0.3, -0.25) is 52.9 Å². The molecule has 1 aromatic carbocycles. The van der Waals surface area contributed by atoms with E-state index in [1.807, 2.05) is 0 Å². The maximum absolute atomic E-state index is 14.6. The van der Waals surface area contributed by atoms with Crippen LogP contribution in [0.5, 0.6) is 5.75 Å². The highest BCUT2D eigenvalue weighted by atomic mass is 16.3. The van der Waals surface area contributed by atoms with Crippen LogP contribution in [-0.2, 0) is 54.4 Å². The molecule has 0 spiro atoms. The number of phenolic OH excluding ortho intramolecular Hbond substituents is 1. The van der Waals surface area contributed by atoms with E-state index in [0.717, 1.165) is 0 Å². The zero-order valence-corrected chi connectivity index (χ0v) is 50.7. The molecule has 1 fully saturated rings. The highest BCUT2D eigenvalue weighted by Crippen LogP contribution is 2.21. The lowest BCUT2D eigenvalue weighted by Gasteiger charge is -2.30. The van der Waals surface area contributed by atoms with Crippen molar-refractivity contribution in [2.75, 3.05) is 65.4 Å². The highest BCUT2D eigenvalue weighted by molar-refractivity contribution is 6.02. The van der Waals surface area contributed by atoms with Crippen molar-refractivity contribution in [3.8, 4) is 5.75 Å². The first-order valence-corrected chi connectivity index (χ1v) is 30.2. The number of nitrogens with two attached hydrogens (primary N) is 9. The van der Waals surface area contributed by atoms with E-state index in [2.05, 4.69) is 52.8 Å². The minimum Gasteiger partial charge on any atom is -0.508 e. The Kier molecular flexibility index (Phi) is 37.5. The normalized spacial score (nSPS) is 15.8. The molecule has 10 amide bonds. The molecule has 4 unspecified atom stereocenters. The van der Waals surface area contributed by atoms with Crippen LogP contribution >= 0.6 is 0 Å². The Morgan fingerprint density at radius 1 is 0.636 bits per heavy atom. The number of aliphatic hydroxyl groups excluding tert-OH is 1. The lowest BCUT2D eigenvalue weighted by molar-refractivity contribution is -0.142. The lowest BCUT2D eigenvalue weighted by Crippen LogP contribution is -2.60. The smallest absolute Gasteiger partial charge is 0.268 e. The van der Waals surface area contributed by atoms with E-state index in [9.17, 15) is 58.2 Å². The van der Waals surface area contributed by atoms with Gasteiger partial charge < -0.3 is 115 Å². The molecule has 1 heterocycles. The van der Waals surface area contributed by atoms with Crippen molar-refractivity contribution < 1.29 is 58.2 Å². The molecule has 0 aromatic heterocycles. The van der Waals surface area contributed by atoms with Crippen molar-refractivity contribution in [2.45, 2.75) is 171 Å². The standard InChI is InChI=1S/C56H100N20O12/c1-34(69-54(87)46(44(78)32-62)75-48(81)37(63)13-2-5-23-57)47(80)68-33-45(79)70-41(16-10-27-61)55(88)76-30-12-18-43(76)53(86)74-42(31-35-19-21-36(77)22-20-35)52(85)73-39(15-4-7-25-59)50(83)72-40(17-11-29-67-56(64)65)51(84)71-38(14-3-6-24-58)49(82)66-28-9-8-26-60/h17,19-22,34,37-39,41-44,46,77-78H,2-16,18,23-33,57-63H2,1H3,(H,66,82)(H,68,80)(H,69,87)(H,70,79)(H,71,84)(H,72,83)(H,73,85)(H,74,86)(H,75,81)(H4,64,65,67)/b40-17-/t34?,37?,38-,39-,41+,42?,43-,44?,46-/m0/s1. The molecule has 2 rings (SSSR count). The highest BCUT2D eigenvalue weighted by Gasteiger charge is 2.40. The third-order valence-electron chi connectivity index (χ3n) is 14.2. The van der Waals surface area contributed by atoms with Crippen molar-refractivity contribution in [3.05, 3.63) is 41.6 Å². The van der Waals surface area contributed by atoms with Gasteiger partial charge in [0.05, 0.1) is 18.7 Å². The van der Waals surface area contributed by atoms with E-state index < -0.39 is 127 Å². The Hall–Kier alpha value is -7.59. The van der Waals surface area contributed by atoms with Crippen molar-refractivity contribution in [2.24, 2.45) is 56.6 Å². The zero-order valence-electron chi connectivity index (χ0n) is 50.7. The summed E-state index contributed by atoms with van der Waals surface area (Å²) >= 11 is 0. The summed E-state index contributed by atoms with van der Waals surface area (Å²) in [5.74, 6) is -8.02. The number of guanidine groups is 1. The molecule has 0 aliphatic carbocycles. The average Bonchev–Trinajstić information content (AvgIpc) is 2.15. The Bertz CT molecular complexity index is 2430. The predicted molar refractivity (Wildman–Crippen MR) is 330 cm³/mol. The van der Waals surface area contributed by atoms with Gasteiger partial charge in [-0.2, -0.15) is 0 Å². The molecule has 29 N–H and O–H groups in total. The monoisotopic (exact) mass is 1240 g/mol. The van der Waals surface area contributed by atoms with Crippen LogP contribution in [-0.4, -0.2) is 200 Å². The van der Waals surface area contributed by atoms with Gasteiger partial charge in [0.2, 0.25) is 53.2 Å². The quantitative estimate of drug-likeness (QED) is 0.0125. The summed E-state index contributed by atoms with van der Waals surface area (Å²) in [7, 11) is 0. The molecule has 496 valence electrons. The Morgan fingerprint density at radius 2 is 1.23 bits per heavy atom. The number of amides is 10. The number of nitrogens with zero attached hydrogens (tertiary/aromatic N) is 2. The van der Waals surface area contributed by atoms with Gasteiger partial charge in [-0.15, -0.1) is 0 Å². The maximum atomic E-state index is 14.6. The predicted octanol–water partition coefficient (Wildman–Crippen LogP) is -6.74. The van der Waals surface area contributed by atoms with E-state index in [-0.39, 0.29) is 95.0 Å². The number of aromatic hydroxyl groups is 1. The number of nitrogens with one attached hydrogen (secondary N) is 9. The van der Waals surface area contributed by atoms with Gasteiger partial charge in [-0.1, -0.05) is 24.6 Å². The largest absolute Gasteiger partial charge is 0.508 e. The molecule has 88 heavy (non-hydrogen) atoms. The summed E-state index contributed by atoms with van der Waals surface area (Å²) in [5, 5.41) is 43.9. The first-order chi connectivity index (χ1) is 42.0. The van der Waals surface area contributed by atoms with Crippen molar-refractivity contribution in [1.29, 1.82) is 0 Å². The molecule has 0 bridgehead atoms. The van der Waals surface area contributed by atoms with E-state index in [1.165, 1.54) is 42.2 Å². The van der Waals surface area contributed by atoms with Gasteiger partial charge in [0.1, 0.15) is 53.7 Å². The zero-order chi connectivity index (χ0) is 65.6. The first kappa shape index (κ1) is 76.5. The van der Waals surface area contributed by atoms with Gasteiger partial charge in [-0.25, -0.2) is 0 Å². The fraction of sp³-hybridized carbons (Fsp3) is 0.661. The number of hydrogen-bond donors (Lipinski definition) is 20. The van der Waals surface area contributed by atoms with Gasteiger partial charge >= 0.3 is 0 Å². The number of rotatable bonds is 44. The number of phenols is 1. The van der Waals surface area contributed by atoms with Crippen molar-refractivity contribution >= 4 is 65.0 Å². The Labute approximate surface area is 514 Å². The SMILES string of the molecule is CC(NC(=O)[C@@H](NC(=O)C(N)CCCCN)C(O)CN)C(=O)NCC(=O)N[C@H](CCCN)C(=O)N1CCC[C@H]1C(=O)NC(Cc1ccc(O)cc1)C(=O)N[C@@H](CCCCN)C(=O)N/C(=C\CCN=C(N)N)C(=O)N[C@@H](CCCCN)C(=O)NCCCCN. The van der Waals surface area contributed by atoms with Gasteiger partial charge in [0.25, 0.3) is 5.91 Å². The number of carbonyl (C=O) groups excluding carboxylic acids is 10. The molecule has 1 aliphatic rings. The van der Waals surface area contributed by atoms with E-state index in [0.29, 0.717) is 89.5 Å². The minimum absolute atomic E-state index is 0.0127. The van der Waals surface area contributed by atoms with Crippen LogP contribution in [0.4, 0.5) is 0 Å². The van der Waals surface area contributed by atoms with E-state index in [4.69, 9.17) is 51.6 Å². The minimum atomic E-state index is -1.58. The van der Waals surface area contributed by atoms with Gasteiger partial charge in [0.15, 0.2) is 5.96 Å². The first-order valence-electron chi connectivity index (χ1n) is 30.2. The number of unbranched alkanes of at least 4 members (excludes halogenated alkanes) is 4. The van der Waals surface area contributed by atoms with Crippen LogP contribution in [0.25, 0.3) is 0 Å². The topological polar surface area (TPSA) is 569 Å². The van der Waals surface area contributed by atoms with E-state index >= 15 is 0 Å². The van der Waals surface area contributed by atoms with Gasteiger partial charge in [-0.05, 0) is 154 Å². The number of aliphatic hydroxyl groups is 1. The third-order valence-corrected chi connectivity index (χ3v) is 14.2. The molecule has 32 nitrogen and oxygen atoms in total. The fourth-order valence-electron chi connectivity index (χ4n) is 9.19. The van der Waals surface area contributed by atoms with Gasteiger partial charge in [0, 0.05) is 32.6 Å². The average molecular weight is 1250 g/mol. The van der Waals surface area contributed by atoms with Crippen LogP contribution in [0.3, 0.4) is 0 Å². The summed E-state index contributed by atoms with van der Waals surface area (Å²) in [4.78, 5) is 143. The van der Waals surface area contributed by atoms with Crippen LogP contribution < -0.4 is 99.5 Å². The summed E-state index contributed by atoms with van der Waals surface area (Å²) in [6.07, 6.45) is 5.21. The number of carbonyl (C=O) groups is 10. The number of aliphatic imine (C=N–C) groups is 1. The maximum Gasteiger partial charge on any atom is 0.268 e. The van der Waals surface area contributed by atoms with Crippen LogP contribution in [0, 0.1) is 0 Å². The van der Waals surface area contributed by atoms with Crippen LogP contribution in [0.1, 0.15) is 115 Å². The van der Waals surface area contributed by atoms with E-state index in [1.54, 1.807) is 0 Å². The molecule has 1 saturated heterocycles. The van der Waals surface area contributed by atoms with Crippen LogP contribution in [0.2, 0.25) is 0 Å². The molecule has 1 aromatic rings. The van der Waals surface area contributed by atoms with Crippen LogP contribution in [0.15, 0.2) is 41.0 Å². The second-order valence-electron chi connectivity index (χ2n) is 21.4. The molecule has 0 radical (unpaired) electrons. The van der Waals surface area contributed by atoms with Crippen molar-refractivity contribution in [3.63, 3.8) is 0 Å². The second kappa shape index (κ2) is 43.1. The lowest BCUT2D eigenvalue weighted by atomic mass is 10.0. The Morgan fingerprint density at radius 3 is 1.83 bits per heavy atom. The summed E-state index contributed by atoms with van der Waals surface area (Å²) < 4.78 is 0. The molecular formula is C56H100N20O12. The summed E-state index contributed by atoms with van der Waals surface area (Å²) in [6, 6.07) is -4.28. The number of likely N-dealkylation sites (tertiary alicyclic amines) is 1. The third kappa shape index (κ3) is 28.9. The summed E-state index contributed by atoms with van der Waals surface area (Å²) in [6.45, 7) is 2.12. The molecular weight excluding hydrogens is 1140 g/mol. The number of benzene rings is 1. The Balaban J connectivity index is 2.39. The summed E-state index contributed by atoms with van der Waals surface area (Å²) in [5.41, 5.74) is 51.3. The fourth-order valence-corrected chi connectivity index (χ4v) is 9.19. The molecule has 0 saturated carbocycles. The molecule has 9 atom stereocenters. The molecule has 1 aliphatic heterocycles. The number of hydrogen-bond acceptors (Lipinski definition) is 20. The second-order valence-corrected chi connectivity index (χ2v) is 21.4. The molecule has 32 heteroatoms.